The summed E-state index contributed by atoms with van der Waals surface area (Å²) in [6.07, 6.45) is 1.27. The SMILES string of the molecule is Cc1c(Br)c(N)nc2ncc(C(=O)O)cc12. The maximum absolute atomic E-state index is 10.8. The molecule has 0 saturated carbocycles. The van der Waals surface area contributed by atoms with E-state index < -0.39 is 5.97 Å². The molecule has 0 unspecified atom stereocenters. The number of aromatic nitrogens is 2. The van der Waals surface area contributed by atoms with E-state index in [1.807, 2.05) is 6.92 Å². The molecule has 0 fully saturated rings. The molecule has 0 atom stereocenters. The van der Waals surface area contributed by atoms with Crippen LogP contribution in [0.2, 0.25) is 0 Å². The first-order chi connectivity index (χ1) is 7.50. The normalized spacial score (nSPS) is 10.6. The minimum atomic E-state index is -1.01. The number of nitrogen functional groups attached to an aromatic ring is 1. The molecule has 0 spiro atoms. The van der Waals surface area contributed by atoms with E-state index in [0.29, 0.717) is 21.3 Å². The van der Waals surface area contributed by atoms with E-state index in [9.17, 15) is 4.79 Å². The molecule has 0 aliphatic carbocycles. The first-order valence-electron chi connectivity index (χ1n) is 4.45. The summed E-state index contributed by atoms with van der Waals surface area (Å²) in [5, 5.41) is 9.54. The van der Waals surface area contributed by atoms with Gasteiger partial charge < -0.3 is 10.8 Å². The molecule has 2 heterocycles. The molecule has 2 aromatic heterocycles. The number of anilines is 1. The number of hydrogen-bond acceptors (Lipinski definition) is 4. The molecule has 0 radical (unpaired) electrons. The van der Waals surface area contributed by atoms with Crippen LogP contribution in [0.4, 0.5) is 5.82 Å². The molecule has 0 aliphatic rings. The highest BCUT2D eigenvalue weighted by Crippen LogP contribution is 2.28. The Morgan fingerprint density at radius 1 is 1.56 bits per heavy atom. The van der Waals surface area contributed by atoms with Crippen molar-refractivity contribution >= 4 is 38.8 Å². The molecule has 0 saturated heterocycles. The second-order valence-electron chi connectivity index (χ2n) is 3.34. The molecule has 6 heteroatoms. The second-order valence-corrected chi connectivity index (χ2v) is 4.13. The van der Waals surface area contributed by atoms with Crippen LogP contribution in [-0.2, 0) is 0 Å². The Labute approximate surface area is 99.4 Å². The van der Waals surface area contributed by atoms with E-state index in [0.717, 1.165) is 5.56 Å². The Morgan fingerprint density at radius 2 is 2.25 bits per heavy atom. The standard InChI is InChI=1S/C10H8BrN3O2/c1-4-6-2-5(10(15)16)3-13-9(6)14-8(12)7(4)11/h2-3H,1H3,(H,15,16)(H2,12,13,14). The van der Waals surface area contributed by atoms with Crippen molar-refractivity contribution in [2.75, 3.05) is 5.73 Å². The number of halogens is 1. The van der Waals surface area contributed by atoms with E-state index in [4.69, 9.17) is 10.8 Å². The van der Waals surface area contributed by atoms with Crippen molar-refractivity contribution in [3.8, 4) is 0 Å². The van der Waals surface area contributed by atoms with Gasteiger partial charge in [0, 0.05) is 11.6 Å². The summed E-state index contributed by atoms with van der Waals surface area (Å²) in [6, 6.07) is 1.54. The van der Waals surface area contributed by atoms with Gasteiger partial charge in [-0.1, -0.05) is 0 Å². The van der Waals surface area contributed by atoms with E-state index in [1.165, 1.54) is 12.3 Å². The Hall–Kier alpha value is -1.69. The average Bonchev–Trinajstić information content (AvgIpc) is 2.25. The average molecular weight is 282 g/mol. The zero-order chi connectivity index (χ0) is 11.9. The molecule has 0 amide bonds. The summed E-state index contributed by atoms with van der Waals surface area (Å²) in [5.41, 5.74) is 7.08. The van der Waals surface area contributed by atoms with Crippen LogP contribution in [0, 0.1) is 6.92 Å². The van der Waals surface area contributed by atoms with Crippen LogP contribution in [-0.4, -0.2) is 21.0 Å². The Morgan fingerprint density at radius 3 is 2.88 bits per heavy atom. The second kappa shape index (κ2) is 3.71. The summed E-state index contributed by atoms with van der Waals surface area (Å²) in [4.78, 5) is 18.8. The van der Waals surface area contributed by atoms with E-state index in [1.54, 1.807) is 0 Å². The highest BCUT2D eigenvalue weighted by atomic mass is 79.9. The van der Waals surface area contributed by atoms with Gasteiger partial charge in [0.1, 0.15) is 5.82 Å². The van der Waals surface area contributed by atoms with E-state index in [-0.39, 0.29) is 5.56 Å². The number of rotatable bonds is 1. The summed E-state index contributed by atoms with van der Waals surface area (Å²) >= 11 is 3.30. The van der Waals surface area contributed by atoms with Crippen molar-refractivity contribution in [2.24, 2.45) is 0 Å². The van der Waals surface area contributed by atoms with Gasteiger partial charge in [-0.05, 0) is 34.5 Å². The fourth-order valence-corrected chi connectivity index (χ4v) is 1.72. The lowest BCUT2D eigenvalue weighted by Gasteiger charge is -2.06. The molecule has 5 nitrogen and oxygen atoms in total. The molecule has 2 rings (SSSR count). The lowest BCUT2D eigenvalue weighted by molar-refractivity contribution is 0.0696. The number of carboxylic acids is 1. The summed E-state index contributed by atoms with van der Waals surface area (Å²) in [5.74, 6) is -0.665. The van der Waals surface area contributed by atoms with Crippen LogP contribution < -0.4 is 5.73 Å². The highest BCUT2D eigenvalue weighted by Gasteiger charge is 2.11. The van der Waals surface area contributed by atoms with Gasteiger partial charge in [-0.3, -0.25) is 0 Å². The van der Waals surface area contributed by atoms with Gasteiger partial charge in [-0.2, -0.15) is 0 Å². The number of pyridine rings is 2. The fraction of sp³-hybridized carbons (Fsp3) is 0.100. The number of aromatic carboxylic acids is 1. The first-order valence-corrected chi connectivity index (χ1v) is 5.24. The maximum Gasteiger partial charge on any atom is 0.337 e. The maximum atomic E-state index is 10.8. The molecule has 0 bridgehead atoms. The van der Waals surface area contributed by atoms with E-state index >= 15 is 0 Å². The van der Waals surface area contributed by atoms with Gasteiger partial charge in [0.05, 0.1) is 10.0 Å². The van der Waals surface area contributed by atoms with E-state index in [2.05, 4.69) is 25.9 Å². The molecular formula is C10H8BrN3O2. The number of hydrogen-bond donors (Lipinski definition) is 2. The third kappa shape index (κ3) is 1.61. The number of fused-ring (bicyclic) bond motifs is 1. The van der Waals surface area contributed by atoms with Crippen LogP contribution in [0.15, 0.2) is 16.7 Å². The molecular weight excluding hydrogens is 274 g/mol. The zero-order valence-electron chi connectivity index (χ0n) is 8.36. The lowest BCUT2D eigenvalue weighted by Crippen LogP contribution is -2.01. The molecule has 16 heavy (non-hydrogen) atoms. The van der Waals surface area contributed by atoms with Crippen molar-refractivity contribution in [3.63, 3.8) is 0 Å². The summed E-state index contributed by atoms with van der Waals surface area (Å²) < 4.78 is 0.671. The Balaban J connectivity index is 2.82. The Bertz CT molecular complexity index is 598. The van der Waals surface area contributed by atoms with Gasteiger partial charge in [-0.15, -0.1) is 0 Å². The van der Waals surface area contributed by atoms with Gasteiger partial charge in [0.15, 0.2) is 5.65 Å². The predicted molar refractivity (Wildman–Crippen MR) is 63.3 cm³/mol. The van der Waals surface area contributed by atoms with Gasteiger partial charge in [0.25, 0.3) is 0 Å². The van der Waals surface area contributed by atoms with Gasteiger partial charge >= 0.3 is 5.97 Å². The zero-order valence-corrected chi connectivity index (χ0v) is 9.95. The first kappa shape index (κ1) is 10.8. The number of aryl methyl sites for hydroxylation is 1. The molecule has 82 valence electrons. The number of carboxylic acid groups (broad SMARTS) is 1. The number of carbonyl (C=O) groups is 1. The van der Waals surface area contributed by atoms with Crippen molar-refractivity contribution in [1.29, 1.82) is 0 Å². The Kier molecular flexibility index (Phi) is 2.51. The monoisotopic (exact) mass is 281 g/mol. The van der Waals surface area contributed by atoms with Crippen molar-refractivity contribution in [2.45, 2.75) is 6.92 Å². The van der Waals surface area contributed by atoms with Crippen molar-refractivity contribution in [1.82, 2.24) is 9.97 Å². The van der Waals surface area contributed by atoms with Crippen LogP contribution in [0.5, 0.6) is 0 Å². The minimum Gasteiger partial charge on any atom is -0.478 e. The van der Waals surface area contributed by atoms with Crippen LogP contribution in [0.25, 0.3) is 11.0 Å². The number of nitrogens with zero attached hydrogens (tertiary/aromatic N) is 2. The molecule has 0 aliphatic heterocycles. The van der Waals surface area contributed by atoms with Crippen LogP contribution in [0.1, 0.15) is 15.9 Å². The van der Waals surface area contributed by atoms with Crippen molar-refractivity contribution < 1.29 is 9.90 Å². The highest BCUT2D eigenvalue weighted by molar-refractivity contribution is 9.10. The lowest BCUT2D eigenvalue weighted by atomic mass is 10.1. The van der Waals surface area contributed by atoms with Crippen LogP contribution >= 0.6 is 15.9 Å². The quantitative estimate of drug-likeness (QED) is 0.834. The smallest absolute Gasteiger partial charge is 0.337 e. The molecule has 3 N–H and O–H groups in total. The summed E-state index contributed by atoms with van der Waals surface area (Å²) in [7, 11) is 0. The van der Waals surface area contributed by atoms with Crippen LogP contribution in [0.3, 0.4) is 0 Å². The molecule has 2 aromatic rings. The largest absolute Gasteiger partial charge is 0.478 e. The molecule has 0 aromatic carbocycles. The summed E-state index contributed by atoms with van der Waals surface area (Å²) in [6.45, 7) is 1.83. The number of nitrogens with two attached hydrogens (primary N) is 1. The van der Waals surface area contributed by atoms with Crippen molar-refractivity contribution in [3.05, 3.63) is 27.9 Å². The third-order valence-electron chi connectivity index (χ3n) is 2.30. The van der Waals surface area contributed by atoms with Gasteiger partial charge in [0.2, 0.25) is 0 Å². The third-order valence-corrected chi connectivity index (χ3v) is 3.30. The van der Waals surface area contributed by atoms with Gasteiger partial charge in [-0.25, -0.2) is 14.8 Å². The topological polar surface area (TPSA) is 89.1 Å². The predicted octanol–water partition coefficient (Wildman–Crippen LogP) is 1.98. The fourth-order valence-electron chi connectivity index (χ4n) is 1.41. The minimum absolute atomic E-state index is 0.133.